The first kappa shape index (κ1) is 14.0. The SMILES string of the molecule is CCC(CNC(=O)NCc1cnn(C)c1)C(=O)O. The Morgan fingerprint density at radius 3 is 2.72 bits per heavy atom. The number of carbonyl (C=O) groups excluding carboxylic acids is 1. The Hall–Kier alpha value is -2.05. The molecule has 0 aromatic carbocycles. The van der Waals surface area contributed by atoms with Crippen molar-refractivity contribution in [2.75, 3.05) is 6.54 Å². The van der Waals surface area contributed by atoms with Gasteiger partial charge in [0.1, 0.15) is 0 Å². The number of hydrogen-bond donors (Lipinski definition) is 3. The summed E-state index contributed by atoms with van der Waals surface area (Å²) in [6.45, 7) is 2.27. The molecule has 2 amide bonds. The summed E-state index contributed by atoms with van der Waals surface area (Å²) in [6, 6.07) is -0.376. The van der Waals surface area contributed by atoms with E-state index in [9.17, 15) is 9.59 Å². The number of carboxylic acids is 1. The van der Waals surface area contributed by atoms with Crippen molar-refractivity contribution >= 4 is 12.0 Å². The molecule has 0 aliphatic rings. The largest absolute Gasteiger partial charge is 0.481 e. The van der Waals surface area contributed by atoms with Gasteiger partial charge in [0.05, 0.1) is 12.1 Å². The highest BCUT2D eigenvalue weighted by Crippen LogP contribution is 2.00. The van der Waals surface area contributed by atoms with Crippen LogP contribution >= 0.6 is 0 Å². The van der Waals surface area contributed by atoms with Gasteiger partial charge in [-0.15, -0.1) is 0 Å². The lowest BCUT2D eigenvalue weighted by Crippen LogP contribution is -2.39. The van der Waals surface area contributed by atoms with E-state index in [0.29, 0.717) is 13.0 Å². The number of hydrogen-bond acceptors (Lipinski definition) is 3. The maximum atomic E-state index is 11.4. The van der Waals surface area contributed by atoms with Gasteiger partial charge in [-0.3, -0.25) is 9.48 Å². The summed E-state index contributed by atoms with van der Waals surface area (Å²) in [5, 5.41) is 18.0. The van der Waals surface area contributed by atoms with E-state index in [1.807, 2.05) is 0 Å². The van der Waals surface area contributed by atoms with E-state index in [1.165, 1.54) is 0 Å². The molecular weight excluding hydrogens is 236 g/mol. The molecule has 7 nitrogen and oxygen atoms in total. The Balaban J connectivity index is 2.27. The number of nitrogens with zero attached hydrogens (tertiary/aromatic N) is 2. The Labute approximate surface area is 105 Å². The minimum Gasteiger partial charge on any atom is -0.481 e. The van der Waals surface area contributed by atoms with E-state index in [0.717, 1.165) is 5.56 Å². The van der Waals surface area contributed by atoms with E-state index in [-0.39, 0.29) is 12.6 Å². The number of aromatic nitrogens is 2. The zero-order valence-corrected chi connectivity index (χ0v) is 10.5. The third-order valence-electron chi connectivity index (χ3n) is 2.56. The molecule has 0 fully saturated rings. The quantitative estimate of drug-likeness (QED) is 0.681. The molecule has 0 aliphatic heterocycles. The highest BCUT2D eigenvalue weighted by molar-refractivity contribution is 5.75. The van der Waals surface area contributed by atoms with Gasteiger partial charge < -0.3 is 15.7 Å². The number of carbonyl (C=O) groups is 2. The summed E-state index contributed by atoms with van der Waals surface area (Å²) in [5.41, 5.74) is 0.887. The third-order valence-corrected chi connectivity index (χ3v) is 2.56. The second-order valence-electron chi connectivity index (χ2n) is 4.03. The zero-order chi connectivity index (χ0) is 13.5. The normalized spacial score (nSPS) is 11.9. The highest BCUT2D eigenvalue weighted by atomic mass is 16.4. The molecule has 0 saturated carbocycles. The van der Waals surface area contributed by atoms with Crippen LogP contribution in [0.2, 0.25) is 0 Å². The van der Waals surface area contributed by atoms with E-state index >= 15 is 0 Å². The number of aliphatic carboxylic acids is 1. The maximum Gasteiger partial charge on any atom is 0.315 e. The molecule has 7 heteroatoms. The monoisotopic (exact) mass is 254 g/mol. The van der Waals surface area contributed by atoms with Crippen molar-refractivity contribution < 1.29 is 14.7 Å². The Bertz CT molecular complexity index is 416. The molecule has 1 atom stereocenters. The van der Waals surface area contributed by atoms with Gasteiger partial charge in [-0.25, -0.2) is 4.79 Å². The molecule has 1 rings (SSSR count). The smallest absolute Gasteiger partial charge is 0.315 e. The van der Waals surface area contributed by atoms with Gasteiger partial charge in [-0.2, -0.15) is 5.10 Å². The van der Waals surface area contributed by atoms with Crippen molar-refractivity contribution in [3.63, 3.8) is 0 Å². The van der Waals surface area contributed by atoms with E-state index in [2.05, 4.69) is 15.7 Å². The summed E-state index contributed by atoms with van der Waals surface area (Å²) in [6.07, 6.45) is 3.94. The van der Waals surface area contributed by atoms with Crippen LogP contribution in [0.1, 0.15) is 18.9 Å². The summed E-state index contributed by atoms with van der Waals surface area (Å²) in [5.74, 6) is -1.45. The molecule has 100 valence electrons. The fraction of sp³-hybridized carbons (Fsp3) is 0.545. The summed E-state index contributed by atoms with van der Waals surface area (Å²) >= 11 is 0. The van der Waals surface area contributed by atoms with Gasteiger partial charge >= 0.3 is 12.0 Å². The predicted octanol–water partition coefficient (Wildman–Crippen LogP) is 0.330. The summed E-state index contributed by atoms with van der Waals surface area (Å²) < 4.78 is 1.65. The third kappa shape index (κ3) is 4.44. The van der Waals surface area contributed by atoms with Crippen LogP contribution in [0.25, 0.3) is 0 Å². The molecule has 0 spiro atoms. The van der Waals surface area contributed by atoms with Crippen molar-refractivity contribution in [2.45, 2.75) is 19.9 Å². The molecule has 0 saturated heterocycles. The minimum absolute atomic E-state index is 0.130. The zero-order valence-electron chi connectivity index (χ0n) is 10.5. The van der Waals surface area contributed by atoms with Crippen LogP contribution in [0.15, 0.2) is 12.4 Å². The second kappa shape index (κ2) is 6.63. The molecule has 0 aliphatic carbocycles. The lowest BCUT2D eigenvalue weighted by Gasteiger charge is -2.11. The molecule has 1 heterocycles. The van der Waals surface area contributed by atoms with Gasteiger partial charge in [-0.05, 0) is 6.42 Å². The van der Waals surface area contributed by atoms with Crippen LogP contribution < -0.4 is 10.6 Å². The first-order valence-corrected chi connectivity index (χ1v) is 5.75. The molecule has 1 aromatic heterocycles. The van der Waals surface area contributed by atoms with Gasteiger partial charge in [0, 0.05) is 31.9 Å². The number of rotatable bonds is 6. The van der Waals surface area contributed by atoms with Crippen molar-refractivity contribution in [1.29, 1.82) is 0 Å². The molecular formula is C11H18N4O3. The van der Waals surface area contributed by atoms with Crippen molar-refractivity contribution in [3.8, 4) is 0 Å². The van der Waals surface area contributed by atoms with Crippen LogP contribution in [0, 0.1) is 5.92 Å². The van der Waals surface area contributed by atoms with Gasteiger partial charge in [0.2, 0.25) is 0 Å². The molecule has 1 unspecified atom stereocenters. The van der Waals surface area contributed by atoms with Gasteiger partial charge in [0.25, 0.3) is 0 Å². The average Bonchev–Trinajstić information content (AvgIpc) is 2.73. The summed E-state index contributed by atoms with van der Waals surface area (Å²) in [7, 11) is 1.79. The van der Waals surface area contributed by atoms with Crippen LogP contribution in [0.5, 0.6) is 0 Å². The Morgan fingerprint density at radius 2 is 2.22 bits per heavy atom. The standard InChI is InChI=1S/C11H18N4O3/c1-3-9(10(16)17)6-13-11(18)12-4-8-5-14-15(2)7-8/h5,7,9H,3-4,6H2,1-2H3,(H,16,17)(H2,12,13,18). The lowest BCUT2D eigenvalue weighted by molar-refractivity contribution is -0.141. The molecule has 18 heavy (non-hydrogen) atoms. The van der Waals surface area contributed by atoms with E-state index in [4.69, 9.17) is 5.11 Å². The van der Waals surface area contributed by atoms with Gasteiger partial charge in [-0.1, -0.05) is 6.92 Å². The Morgan fingerprint density at radius 1 is 1.50 bits per heavy atom. The molecule has 0 radical (unpaired) electrons. The first-order valence-electron chi connectivity index (χ1n) is 5.75. The first-order chi connectivity index (χ1) is 8.52. The number of aryl methyl sites for hydroxylation is 1. The van der Waals surface area contributed by atoms with Crippen LogP contribution in [-0.2, 0) is 18.4 Å². The Kier molecular flexibility index (Phi) is 5.16. The number of amides is 2. The molecule has 0 bridgehead atoms. The second-order valence-corrected chi connectivity index (χ2v) is 4.03. The van der Waals surface area contributed by atoms with Crippen LogP contribution in [-0.4, -0.2) is 33.4 Å². The number of carboxylic acid groups (broad SMARTS) is 1. The number of nitrogens with one attached hydrogen (secondary N) is 2. The maximum absolute atomic E-state index is 11.4. The van der Waals surface area contributed by atoms with E-state index < -0.39 is 11.9 Å². The van der Waals surface area contributed by atoms with Crippen LogP contribution in [0.4, 0.5) is 4.79 Å². The van der Waals surface area contributed by atoms with Crippen molar-refractivity contribution in [2.24, 2.45) is 13.0 Å². The fourth-order valence-corrected chi connectivity index (χ4v) is 1.43. The molecule has 3 N–H and O–H groups in total. The minimum atomic E-state index is -0.898. The van der Waals surface area contributed by atoms with Crippen LogP contribution in [0.3, 0.4) is 0 Å². The van der Waals surface area contributed by atoms with Gasteiger partial charge in [0.15, 0.2) is 0 Å². The van der Waals surface area contributed by atoms with Crippen molar-refractivity contribution in [3.05, 3.63) is 18.0 Å². The topological polar surface area (TPSA) is 96.3 Å². The van der Waals surface area contributed by atoms with Crippen molar-refractivity contribution in [1.82, 2.24) is 20.4 Å². The molecule has 1 aromatic rings. The fourth-order valence-electron chi connectivity index (χ4n) is 1.43. The lowest BCUT2D eigenvalue weighted by atomic mass is 10.1. The number of urea groups is 1. The summed E-state index contributed by atoms with van der Waals surface area (Å²) in [4.78, 5) is 22.2. The predicted molar refractivity (Wildman–Crippen MR) is 64.9 cm³/mol. The highest BCUT2D eigenvalue weighted by Gasteiger charge is 2.15. The average molecular weight is 254 g/mol. The van der Waals surface area contributed by atoms with E-state index in [1.54, 1.807) is 31.0 Å².